The molecule has 0 atom stereocenters. The third kappa shape index (κ3) is 16.8. The van der Waals surface area contributed by atoms with Crippen LogP contribution in [0.3, 0.4) is 0 Å². The minimum absolute atomic E-state index is 0. The Labute approximate surface area is 601 Å². The van der Waals surface area contributed by atoms with E-state index >= 15 is 0 Å². The largest absolute Gasteiger partial charge is 3.00 e. The minimum Gasteiger partial charge on any atom is -0.501 e. The van der Waals surface area contributed by atoms with E-state index in [1.165, 1.54) is 77.0 Å². The van der Waals surface area contributed by atoms with Crippen LogP contribution in [0.15, 0.2) is 250 Å². The fraction of sp³-hybridized carbons (Fsp3) is 0.194. The maximum absolute atomic E-state index is 6.19. The molecule has 6 aromatic heterocycles. The van der Waals surface area contributed by atoms with Gasteiger partial charge in [0.15, 0.2) is 0 Å². The molecule has 15 rings (SSSR count). The molecule has 0 spiro atoms. The Morgan fingerprint density at radius 2 is 0.600 bits per heavy atom. The molecule has 0 unspecified atom stereocenters. The first-order chi connectivity index (χ1) is 49.0. The molecule has 100 heavy (non-hydrogen) atoms. The van der Waals surface area contributed by atoms with Crippen molar-refractivity contribution in [3.05, 3.63) is 272 Å². The third-order valence-electron chi connectivity index (χ3n) is 17.8. The van der Waals surface area contributed by atoms with Crippen LogP contribution in [0.4, 0.5) is 0 Å². The van der Waals surface area contributed by atoms with E-state index in [2.05, 4.69) is 217 Å². The van der Waals surface area contributed by atoms with Gasteiger partial charge in [-0.2, -0.15) is 0 Å². The molecule has 0 saturated carbocycles. The summed E-state index contributed by atoms with van der Waals surface area (Å²) >= 11 is 0. The van der Waals surface area contributed by atoms with Gasteiger partial charge in [0.2, 0.25) is 0 Å². The molecule has 0 bridgehead atoms. The smallest absolute Gasteiger partial charge is 0.501 e. The van der Waals surface area contributed by atoms with Gasteiger partial charge in [0.25, 0.3) is 0 Å². The van der Waals surface area contributed by atoms with E-state index < -0.39 is 0 Å². The van der Waals surface area contributed by atoms with Gasteiger partial charge in [-0.3, -0.25) is 0 Å². The second-order valence-corrected chi connectivity index (χ2v) is 25.0. The number of hydrogen-bond acceptors (Lipinski definition) is 6. The standard InChI is InChI=1S/3C31H26NO.Ir/c3*1-2-3-4-5-6-7-12-23-13-10-14-24(21-23)25-19-20-32-29(22-25)28-17-11-16-27-26-15-8-9-18-30(26)33-31(27)28;/h3*8-11,13-16,18-22H,2-6H2,1H3;/q3*-1;+3. The average Bonchev–Trinajstić information content (AvgIpc) is 1.62. The molecule has 0 radical (unpaired) electrons. The Hall–Kier alpha value is -10.8. The molecule has 6 nitrogen and oxygen atoms in total. The van der Waals surface area contributed by atoms with Gasteiger partial charge in [-0.05, 0) is 143 Å². The molecule has 0 N–H and O–H groups in total. The van der Waals surface area contributed by atoms with Crippen molar-refractivity contribution < 1.29 is 33.4 Å². The van der Waals surface area contributed by atoms with E-state index in [1.807, 2.05) is 110 Å². The monoisotopic (exact) mass is 1480 g/mol. The quantitative estimate of drug-likeness (QED) is 0.0484. The van der Waals surface area contributed by atoms with Crippen molar-refractivity contribution in [3.8, 4) is 103 Å². The van der Waals surface area contributed by atoms with Crippen LogP contribution in [0, 0.1) is 53.7 Å². The van der Waals surface area contributed by atoms with E-state index in [4.69, 9.17) is 13.3 Å². The van der Waals surface area contributed by atoms with Gasteiger partial charge >= 0.3 is 20.1 Å². The first kappa shape index (κ1) is 69.1. The first-order valence-electron chi connectivity index (χ1n) is 35.1. The molecule has 0 aliphatic carbocycles. The van der Waals surface area contributed by atoms with Crippen LogP contribution in [-0.4, -0.2) is 15.0 Å². The van der Waals surface area contributed by atoms with Gasteiger partial charge in [0, 0.05) is 70.7 Å². The maximum Gasteiger partial charge on any atom is 3.00 e. The van der Waals surface area contributed by atoms with E-state index in [-0.39, 0.29) is 20.1 Å². The SMILES string of the molecule is CCCCCCC#Cc1cccc(-c2ccnc(-c3[c-]ccc4c3oc3ccccc34)c2)c1.CCCCCCC#Cc1cccc(-c2ccnc(-c3[c-]ccc4c3oc3ccccc34)c2)c1.CCCCCCC#Cc1cccc(-c2ccnc(-c3[c-]ccc4c3oc3ccccc34)c2)c1.[Ir+3]. The van der Waals surface area contributed by atoms with Gasteiger partial charge in [-0.25, -0.2) is 0 Å². The number of pyridine rings is 3. The van der Waals surface area contributed by atoms with E-state index in [0.29, 0.717) is 0 Å². The summed E-state index contributed by atoms with van der Waals surface area (Å²) in [6.45, 7) is 6.70. The first-order valence-corrected chi connectivity index (χ1v) is 35.1. The van der Waals surface area contributed by atoms with Crippen LogP contribution in [0.5, 0.6) is 0 Å². The molecular formula is C93H78IrN3O3. The Kier molecular flexibility index (Phi) is 23.9. The number of unbranched alkanes of at least 4 members (excludes halogenated alkanes) is 12. The Balaban J connectivity index is 0.000000141. The molecule has 7 heteroatoms. The molecule has 0 aliphatic rings. The second kappa shape index (κ2) is 34.6. The van der Waals surface area contributed by atoms with Crippen molar-refractivity contribution in [3.63, 3.8) is 0 Å². The van der Waals surface area contributed by atoms with Crippen molar-refractivity contribution in [2.24, 2.45) is 0 Å². The Morgan fingerprint density at radius 1 is 0.300 bits per heavy atom. The fourth-order valence-electron chi connectivity index (χ4n) is 12.6. The third-order valence-corrected chi connectivity index (χ3v) is 17.8. The van der Waals surface area contributed by atoms with E-state index in [0.717, 1.165) is 169 Å². The van der Waals surface area contributed by atoms with Crippen molar-refractivity contribution in [2.45, 2.75) is 117 Å². The summed E-state index contributed by atoms with van der Waals surface area (Å²) in [4.78, 5) is 13.9. The summed E-state index contributed by atoms with van der Waals surface area (Å²) in [5, 5.41) is 6.59. The molecule has 0 saturated heterocycles. The average molecular weight is 1480 g/mol. The number of hydrogen-bond donors (Lipinski definition) is 0. The molecule has 492 valence electrons. The second-order valence-electron chi connectivity index (χ2n) is 25.0. The number of aromatic nitrogens is 3. The zero-order chi connectivity index (χ0) is 67.4. The number of para-hydroxylation sites is 3. The normalized spacial score (nSPS) is 10.8. The van der Waals surface area contributed by atoms with Crippen LogP contribution < -0.4 is 0 Å². The van der Waals surface area contributed by atoms with Gasteiger partial charge in [-0.15, -0.1) is 54.6 Å². The summed E-state index contributed by atoms with van der Waals surface area (Å²) in [7, 11) is 0. The Morgan fingerprint density at radius 3 is 0.910 bits per heavy atom. The predicted octanol–water partition coefficient (Wildman–Crippen LogP) is 25.3. The van der Waals surface area contributed by atoms with Crippen LogP contribution in [0.25, 0.3) is 133 Å². The minimum atomic E-state index is 0. The number of nitrogens with zero attached hydrogens (tertiary/aromatic N) is 3. The summed E-state index contributed by atoms with van der Waals surface area (Å²) < 4.78 is 18.6. The van der Waals surface area contributed by atoms with E-state index in [9.17, 15) is 0 Å². The fourth-order valence-corrected chi connectivity index (χ4v) is 12.6. The van der Waals surface area contributed by atoms with Crippen LogP contribution in [0.2, 0.25) is 0 Å². The number of rotatable bonds is 18. The van der Waals surface area contributed by atoms with Crippen molar-refractivity contribution in [1.82, 2.24) is 15.0 Å². The topological polar surface area (TPSA) is 78.1 Å². The maximum atomic E-state index is 6.19. The van der Waals surface area contributed by atoms with Crippen molar-refractivity contribution in [1.29, 1.82) is 0 Å². The van der Waals surface area contributed by atoms with Crippen LogP contribution >= 0.6 is 0 Å². The van der Waals surface area contributed by atoms with Gasteiger partial charge in [0.1, 0.15) is 16.7 Å². The molecule has 0 fully saturated rings. The summed E-state index contributed by atoms with van der Waals surface area (Å²) in [5.74, 6) is 20.0. The van der Waals surface area contributed by atoms with Gasteiger partial charge < -0.3 is 28.2 Å². The summed E-state index contributed by atoms with van der Waals surface area (Å²) in [6.07, 6.45) is 23.4. The number of benzene rings is 9. The van der Waals surface area contributed by atoms with E-state index in [1.54, 1.807) is 0 Å². The van der Waals surface area contributed by atoms with Crippen molar-refractivity contribution in [2.75, 3.05) is 0 Å². The zero-order valence-electron chi connectivity index (χ0n) is 57.0. The Bertz CT molecular complexity index is 4940. The van der Waals surface area contributed by atoms with Gasteiger partial charge in [-0.1, -0.05) is 256 Å². The van der Waals surface area contributed by atoms with Crippen LogP contribution in [0.1, 0.15) is 134 Å². The van der Waals surface area contributed by atoms with Crippen LogP contribution in [-0.2, 0) is 20.1 Å². The molecule has 9 aromatic carbocycles. The molecule has 15 aromatic rings. The predicted molar refractivity (Wildman–Crippen MR) is 411 cm³/mol. The molecule has 6 heterocycles. The summed E-state index contributed by atoms with van der Waals surface area (Å²) in [5.41, 5.74) is 20.2. The number of furan rings is 3. The number of fused-ring (bicyclic) bond motifs is 9. The molecule has 0 aliphatic heterocycles. The van der Waals surface area contributed by atoms with Gasteiger partial charge in [0.05, 0.1) is 16.7 Å². The molecular weight excluding hydrogens is 1400 g/mol. The van der Waals surface area contributed by atoms with Crippen molar-refractivity contribution >= 4 is 65.8 Å². The summed E-state index contributed by atoms with van der Waals surface area (Å²) in [6, 6.07) is 84.1. The zero-order valence-corrected chi connectivity index (χ0v) is 59.4. The molecule has 0 amide bonds.